The number of nitrogens with zero attached hydrogens (tertiary/aromatic N) is 1. The molecule has 0 aromatic heterocycles. The highest BCUT2D eigenvalue weighted by atomic mass is 35.5. The van der Waals surface area contributed by atoms with E-state index in [9.17, 15) is 4.79 Å². The lowest BCUT2D eigenvalue weighted by atomic mass is 10.1. The summed E-state index contributed by atoms with van der Waals surface area (Å²) in [7, 11) is 0. The van der Waals surface area contributed by atoms with Gasteiger partial charge in [0.05, 0.1) is 0 Å². The molecule has 0 amide bonds. The summed E-state index contributed by atoms with van der Waals surface area (Å²) in [6, 6.07) is 7.51. The predicted octanol–water partition coefficient (Wildman–Crippen LogP) is 3.42. The summed E-state index contributed by atoms with van der Waals surface area (Å²) in [6.07, 6.45) is 1.98. The van der Waals surface area contributed by atoms with Gasteiger partial charge in [0.15, 0.2) is 0 Å². The molecular weight excluding hydrogens is 238 g/mol. The molecule has 94 valence electrons. The van der Waals surface area contributed by atoms with Crippen molar-refractivity contribution in [1.29, 1.82) is 0 Å². The number of aliphatic carboxylic acids is 1. The molecule has 1 atom stereocenters. The Morgan fingerprint density at radius 2 is 2.24 bits per heavy atom. The van der Waals surface area contributed by atoms with Crippen LogP contribution in [-0.4, -0.2) is 23.7 Å². The molecule has 4 heteroatoms. The molecule has 0 aliphatic carbocycles. The van der Waals surface area contributed by atoms with Gasteiger partial charge in [-0.15, -0.1) is 0 Å². The summed E-state index contributed by atoms with van der Waals surface area (Å²) < 4.78 is 0. The first-order valence-corrected chi connectivity index (χ1v) is 6.16. The Kier molecular flexibility index (Phi) is 5.29. The van der Waals surface area contributed by atoms with E-state index in [1.165, 1.54) is 0 Å². The van der Waals surface area contributed by atoms with E-state index < -0.39 is 5.97 Å². The molecule has 1 rings (SSSR count). The van der Waals surface area contributed by atoms with E-state index in [0.29, 0.717) is 5.02 Å². The van der Waals surface area contributed by atoms with Gasteiger partial charge in [-0.1, -0.05) is 31.0 Å². The Balaban J connectivity index is 2.92. The Morgan fingerprint density at radius 1 is 1.53 bits per heavy atom. The molecule has 1 unspecified atom stereocenters. The third-order valence-electron chi connectivity index (χ3n) is 2.68. The smallest absolute Gasteiger partial charge is 0.323 e. The molecule has 3 nitrogen and oxygen atoms in total. The normalized spacial score (nSPS) is 12.2. The van der Waals surface area contributed by atoms with E-state index in [0.717, 1.165) is 18.5 Å². The zero-order valence-corrected chi connectivity index (χ0v) is 10.9. The van der Waals surface area contributed by atoms with Crippen molar-refractivity contribution in [3.63, 3.8) is 0 Å². The van der Waals surface area contributed by atoms with Crippen LogP contribution in [0.25, 0.3) is 0 Å². The lowest BCUT2D eigenvalue weighted by molar-refractivity contribution is -0.135. The van der Waals surface area contributed by atoms with Crippen molar-refractivity contribution in [1.82, 2.24) is 0 Å². The average molecular weight is 256 g/mol. The highest BCUT2D eigenvalue weighted by molar-refractivity contribution is 6.30. The zero-order valence-electron chi connectivity index (χ0n) is 10.2. The Morgan fingerprint density at radius 3 is 2.76 bits per heavy atom. The van der Waals surface area contributed by atoms with Crippen molar-refractivity contribution in [3.8, 4) is 0 Å². The van der Waals surface area contributed by atoms with Crippen molar-refractivity contribution in [2.24, 2.45) is 0 Å². The van der Waals surface area contributed by atoms with Crippen molar-refractivity contribution < 1.29 is 9.90 Å². The maximum atomic E-state index is 10.9. The van der Waals surface area contributed by atoms with Crippen LogP contribution in [0.15, 0.2) is 24.3 Å². The van der Waals surface area contributed by atoms with Crippen molar-refractivity contribution in [2.75, 3.05) is 11.4 Å². The zero-order chi connectivity index (χ0) is 12.8. The summed E-state index contributed by atoms with van der Waals surface area (Å²) in [6.45, 7) is 4.13. The summed E-state index contributed by atoms with van der Waals surface area (Å²) in [5.41, 5.74) is 0.862. The summed E-state index contributed by atoms with van der Waals surface area (Å²) in [4.78, 5) is 12.8. The number of benzene rings is 1. The molecule has 0 radical (unpaired) electrons. The molecule has 1 aromatic carbocycles. The van der Waals surface area contributed by atoms with Crippen LogP contribution in [0, 0.1) is 0 Å². The van der Waals surface area contributed by atoms with E-state index in [4.69, 9.17) is 16.7 Å². The molecule has 0 aliphatic heterocycles. The summed E-state index contributed by atoms with van der Waals surface area (Å²) in [5.74, 6) is -0.826. The second-order valence-corrected chi connectivity index (χ2v) is 4.58. The first-order chi connectivity index (χ1) is 8.04. The standard InChI is InChI=1S/C13H18ClNO2/c1-3-5-10(2)15(9-13(16)17)12-7-4-6-11(14)8-12/h4,6-8,10H,3,5,9H2,1-2H3,(H,16,17). The van der Waals surface area contributed by atoms with Crippen LogP contribution >= 0.6 is 11.6 Å². The number of hydrogen-bond donors (Lipinski definition) is 1. The molecule has 1 N–H and O–H groups in total. The van der Waals surface area contributed by atoms with Gasteiger partial charge >= 0.3 is 5.97 Å². The minimum Gasteiger partial charge on any atom is -0.480 e. The molecule has 0 spiro atoms. The van der Waals surface area contributed by atoms with Crippen LogP contribution < -0.4 is 4.90 Å². The topological polar surface area (TPSA) is 40.5 Å². The van der Waals surface area contributed by atoms with E-state index in [-0.39, 0.29) is 12.6 Å². The molecule has 0 saturated heterocycles. The van der Waals surface area contributed by atoms with Crippen molar-refractivity contribution in [3.05, 3.63) is 29.3 Å². The number of halogens is 1. The largest absolute Gasteiger partial charge is 0.480 e. The monoisotopic (exact) mass is 255 g/mol. The molecule has 0 saturated carbocycles. The highest BCUT2D eigenvalue weighted by Gasteiger charge is 2.16. The lowest BCUT2D eigenvalue weighted by Crippen LogP contribution is -2.37. The molecule has 0 fully saturated rings. The predicted molar refractivity (Wildman–Crippen MR) is 70.8 cm³/mol. The van der Waals surface area contributed by atoms with Gasteiger partial charge in [0.2, 0.25) is 0 Å². The first-order valence-electron chi connectivity index (χ1n) is 5.78. The number of carboxylic acids is 1. The maximum Gasteiger partial charge on any atom is 0.323 e. The summed E-state index contributed by atoms with van der Waals surface area (Å²) in [5, 5.41) is 9.58. The molecule has 0 heterocycles. The van der Waals surface area contributed by atoms with Gasteiger partial charge in [0.1, 0.15) is 6.54 Å². The Labute approximate surface area is 107 Å². The van der Waals surface area contributed by atoms with Crippen LogP contribution in [0.3, 0.4) is 0 Å². The Hall–Kier alpha value is -1.22. The first kappa shape index (κ1) is 13.8. The van der Waals surface area contributed by atoms with Gasteiger partial charge in [0.25, 0.3) is 0 Å². The van der Waals surface area contributed by atoms with Gasteiger partial charge < -0.3 is 10.0 Å². The van der Waals surface area contributed by atoms with Gasteiger partial charge in [-0.3, -0.25) is 4.79 Å². The molecule has 0 bridgehead atoms. The number of hydrogen-bond acceptors (Lipinski definition) is 2. The molecular formula is C13H18ClNO2. The van der Waals surface area contributed by atoms with Crippen LogP contribution in [0.2, 0.25) is 5.02 Å². The maximum absolute atomic E-state index is 10.9. The third kappa shape index (κ3) is 4.27. The van der Waals surface area contributed by atoms with Crippen LogP contribution in [-0.2, 0) is 4.79 Å². The van der Waals surface area contributed by atoms with Crippen LogP contribution in [0.4, 0.5) is 5.69 Å². The minimum absolute atomic E-state index is 0.00150. The summed E-state index contributed by atoms with van der Waals surface area (Å²) >= 11 is 5.93. The highest BCUT2D eigenvalue weighted by Crippen LogP contribution is 2.22. The SMILES string of the molecule is CCCC(C)N(CC(=O)O)c1cccc(Cl)c1. The number of anilines is 1. The molecule has 1 aromatic rings. The fraction of sp³-hybridized carbons (Fsp3) is 0.462. The molecule has 17 heavy (non-hydrogen) atoms. The fourth-order valence-corrected chi connectivity index (χ4v) is 2.06. The minimum atomic E-state index is -0.826. The quantitative estimate of drug-likeness (QED) is 0.847. The van der Waals surface area contributed by atoms with Crippen LogP contribution in [0.1, 0.15) is 26.7 Å². The van der Waals surface area contributed by atoms with E-state index >= 15 is 0 Å². The number of rotatable bonds is 6. The number of carbonyl (C=O) groups is 1. The van der Waals surface area contributed by atoms with Gasteiger partial charge in [-0.25, -0.2) is 0 Å². The van der Waals surface area contributed by atoms with Gasteiger partial charge in [-0.05, 0) is 31.5 Å². The third-order valence-corrected chi connectivity index (χ3v) is 2.92. The second kappa shape index (κ2) is 6.50. The van der Waals surface area contributed by atoms with Crippen molar-refractivity contribution in [2.45, 2.75) is 32.7 Å². The van der Waals surface area contributed by atoms with E-state index in [1.807, 2.05) is 24.0 Å². The van der Waals surface area contributed by atoms with Crippen LogP contribution in [0.5, 0.6) is 0 Å². The van der Waals surface area contributed by atoms with Crippen molar-refractivity contribution >= 4 is 23.3 Å². The average Bonchev–Trinajstić information content (AvgIpc) is 2.26. The lowest BCUT2D eigenvalue weighted by Gasteiger charge is -2.29. The number of carboxylic acid groups (broad SMARTS) is 1. The van der Waals surface area contributed by atoms with E-state index in [2.05, 4.69) is 6.92 Å². The van der Waals surface area contributed by atoms with Gasteiger partial charge in [0, 0.05) is 16.8 Å². The second-order valence-electron chi connectivity index (χ2n) is 4.14. The molecule has 0 aliphatic rings. The van der Waals surface area contributed by atoms with Gasteiger partial charge in [-0.2, -0.15) is 0 Å². The Bertz CT molecular complexity index is 381. The van der Waals surface area contributed by atoms with E-state index in [1.54, 1.807) is 12.1 Å². The fourth-order valence-electron chi connectivity index (χ4n) is 1.88.